The van der Waals surface area contributed by atoms with Gasteiger partial charge in [0.2, 0.25) is 0 Å². The van der Waals surface area contributed by atoms with Gasteiger partial charge in [0.05, 0.1) is 27.6 Å². The van der Waals surface area contributed by atoms with Crippen molar-refractivity contribution in [3.05, 3.63) is 84.7 Å². The van der Waals surface area contributed by atoms with E-state index in [1.807, 2.05) is 22.6 Å². The van der Waals surface area contributed by atoms with Crippen molar-refractivity contribution >= 4 is 57.2 Å². The summed E-state index contributed by atoms with van der Waals surface area (Å²) in [6.45, 7) is 1.34. The molecule has 0 aliphatic rings. The Labute approximate surface area is 189 Å². The largest absolute Gasteiger partial charge is 0.478 e. The lowest BCUT2D eigenvalue weighted by atomic mass is 9.93. The maximum absolute atomic E-state index is 15.0. The Morgan fingerprint density at radius 3 is 2.50 bits per heavy atom. The van der Waals surface area contributed by atoms with E-state index >= 15 is 0 Å². The van der Waals surface area contributed by atoms with Crippen molar-refractivity contribution in [1.29, 1.82) is 0 Å². The van der Waals surface area contributed by atoms with E-state index in [2.05, 4.69) is 5.32 Å². The molecule has 3 aromatic rings. The van der Waals surface area contributed by atoms with Crippen LogP contribution in [-0.4, -0.2) is 11.1 Å². The Bertz CT molecular complexity index is 1170. The minimum atomic E-state index is -1.47. The molecule has 30 heavy (non-hydrogen) atoms. The summed E-state index contributed by atoms with van der Waals surface area (Å²) >= 11 is 8.16. The number of carboxylic acids is 1. The normalized spacial score (nSPS) is 10.9. The van der Waals surface area contributed by atoms with Crippen LogP contribution in [0.5, 0.6) is 0 Å². The number of benzene rings is 3. The Balaban J connectivity index is 2.16. The van der Waals surface area contributed by atoms with Crippen molar-refractivity contribution in [3.8, 4) is 0 Å². The Morgan fingerprint density at radius 1 is 1.17 bits per heavy atom. The van der Waals surface area contributed by atoms with Crippen LogP contribution in [0.15, 0.2) is 36.4 Å². The van der Waals surface area contributed by atoms with Crippen molar-refractivity contribution in [2.75, 3.05) is 11.1 Å². The quantitative estimate of drug-likeness (QED) is 0.260. The highest BCUT2D eigenvalue weighted by molar-refractivity contribution is 14.1. The molecule has 3 aromatic carbocycles. The molecule has 0 fully saturated rings. The van der Waals surface area contributed by atoms with Crippen molar-refractivity contribution in [2.24, 2.45) is 0 Å². The van der Waals surface area contributed by atoms with Gasteiger partial charge in [-0.15, -0.1) is 0 Å². The molecule has 0 aliphatic carbocycles. The lowest BCUT2D eigenvalue weighted by molar-refractivity contribution is 0.0696. The Hall–Kier alpha value is -2.46. The number of aromatic carboxylic acids is 1. The molecule has 3 rings (SSSR count). The minimum absolute atomic E-state index is 0.0223. The SMILES string of the molecule is Cc1c(Cc2cccc(N)c2F)c(F)c(F)c(Nc2ccc(I)cc2Cl)c1C(=O)O. The van der Waals surface area contributed by atoms with Crippen molar-refractivity contribution in [2.45, 2.75) is 13.3 Å². The summed E-state index contributed by atoms with van der Waals surface area (Å²) in [4.78, 5) is 11.9. The molecule has 0 radical (unpaired) electrons. The second kappa shape index (κ2) is 8.73. The molecule has 4 nitrogen and oxygen atoms in total. The first-order valence-electron chi connectivity index (χ1n) is 8.60. The Morgan fingerprint density at radius 2 is 1.87 bits per heavy atom. The van der Waals surface area contributed by atoms with Crippen LogP contribution in [0, 0.1) is 27.9 Å². The number of nitrogen functional groups attached to an aromatic ring is 1. The third-order valence-electron chi connectivity index (χ3n) is 4.64. The number of hydrogen-bond acceptors (Lipinski definition) is 3. The summed E-state index contributed by atoms with van der Waals surface area (Å²) in [7, 11) is 0. The first-order chi connectivity index (χ1) is 14.1. The molecule has 0 atom stereocenters. The van der Waals surface area contributed by atoms with Crippen LogP contribution in [0.4, 0.5) is 30.2 Å². The lowest BCUT2D eigenvalue weighted by Crippen LogP contribution is -2.14. The van der Waals surface area contributed by atoms with Gasteiger partial charge in [-0.2, -0.15) is 0 Å². The Kier molecular flexibility index (Phi) is 6.47. The van der Waals surface area contributed by atoms with Crippen LogP contribution < -0.4 is 11.1 Å². The van der Waals surface area contributed by atoms with E-state index in [1.54, 1.807) is 12.1 Å². The van der Waals surface area contributed by atoms with E-state index in [1.165, 1.54) is 31.2 Å². The van der Waals surface area contributed by atoms with Crippen LogP contribution >= 0.6 is 34.2 Å². The first-order valence-corrected chi connectivity index (χ1v) is 10.1. The van der Waals surface area contributed by atoms with Gasteiger partial charge in [0.15, 0.2) is 11.6 Å². The van der Waals surface area contributed by atoms with Gasteiger partial charge in [-0.25, -0.2) is 18.0 Å². The summed E-state index contributed by atoms with van der Waals surface area (Å²) in [5, 5.41) is 12.5. The van der Waals surface area contributed by atoms with Crippen molar-refractivity contribution < 1.29 is 23.1 Å². The third-order valence-corrected chi connectivity index (χ3v) is 5.62. The number of hydrogen-bond donors (Lipinski definition) is 3. The van der Waals surface area contributed by atoms with Crippen LogP contribution in [-0.2, 0) is 6.42 Å². The average molecular weight is 547 g/mol. The molecule has 0 heterocycles. The molecule has 0 unspecified atom stereocenters. The molecule has 0 saturated heterocycles. The zero-order valence-electron chi connectivity index (χ0n) is 15.5. The highest BCUT2D eigenvalue weighted by Crippen LogP contribution is 2.36. The predicted octanol–water partition coefficient (Wildman–Crippen LogP) is 6.29. The van der Waals surface area contributed by atoms with E-state index in [9.17, 15) is 23.1 Å². The standard InChI is InChI=1S/C21H15ClF3IN2O2/c1-9-12(7-10-3-2-4-14(27)17(10)23)18(24)19(25)20(16(9)21(29)30)28-15-6-5-11(26)8-13(15)22/h2-6,8,28H,7,27H2,1H3,(H,29,30). The van der Waals surface area contributed by atoms with Crippen LogP contribution in [0.25, 0.3) is 0 Å². The second-order valence-electron chi connectivity index (χ2n) is 6.53. The fraction of sp³-hybridized carbons (Fsp3) is 0.0952. The number of rotatable bonds is 5. The number of carboxylic acid groups (broad SMARTS) is 1. The van der Waals surface area contributed by atoms with Gasteiger partial charge in [0.1, 0.15) is 5.82 Å². The zero-order chi connectivity index (χ0) is 22.2. The van der Waals surface area contributed by atoms with Crippen LogP contribution in [0.1, 0.15) is 27.0 Å². The van der Waals surface area contributed by atoms with Crippen LogP contribution in [0.3, 0.4) is 0 Å². The maximum Gasteiger partial charge on any atom is 0.338 e. The third kappa shape index (κ3) is 4.20. The molecular formula is C21H15ClF3IN2O2. The first kappa shape index (κ1) is 22.2. The number of halogens is 5. The van der Waals surface area contributed by atoms with Gasteiger partial charge in [-0.1, -0.05) is 23.7 Å². The fourth-order valence-electron chi connectivity index (χ4n) is 3.10. The molecule has 0 bridgehead atoms. The van der Waals surface area contributed by atoms with Gasteiger partial charge in [0.25, 0.3) is 0 Å². The number of anilines is 3. The van der Waals surface area contributed by atoms with Gasteiger partial charge in [-0.3, -0.25) is 0 Å². The summed E-state index contributed by atoms with van der Waals surface area (Å²) in [5.74, 6) is -4.90. The van der Waals surface area contributed by atoms with Gasteiger partial charge in [0, 0.05) is 9.99 Å². The molecule has 4 N–H and O–H groups in total. The van der Waals surface area contributed by atoms with E-state index in [0.29, 0.717) is 0 Å². The predicted molar refractivity (Wildman–Crippen MR) is 119 cm³/mol. The molecule has 156 valence electrons. The summed E-state index contributed by atoms with van der Waals surface area (Å²) < 4.78 is 45.0. The van der Waals surface area contributed by atoms with Gasteiger partial charge < -0.3 is 16.2 Å². The molecule has 0 spiro atoms. The maximum atomic E-state index is 15.0. The zero-order valence-corrected chi connectivity index (χ0v) is 18.4. The molecule has 0 aliphatic heterocycles. The van der Waals surface area contributed by atoms with Crippen molar-refractivity contribution in [1.82, 2.24) is 0 Å². The highest BCUT2D eigenvalue weighted by atomic mass is 127. The van der Waals surface area contributed by atoms with E-state index < -0.39 is 34.7 Å². The molecule has 9 heteroatoms. The van der Waals surface area contributed by atoms with Crippen LogP contribution in [0.2, 0.25) is 5.02 Å². The number of nitrogens with one attached hydrogen (secondary N) is 1. The van der Waals surface area contributed by atoms with Crippen molar-refractivity contribution in [3.63, 3.8) is 0 Å². The second-order valence-corrected chi connectivity index (χ2v) is 8.19. The number of nitrogens with two attached hydrogens (primary N) is 1. The van der Waals surface area contributed by atoms with Gasteiger partial charge >= 0.3 is 5.97 Å². The summed E-state index contributed by atoms with van der Waals surface area (Å²) in [5.41, 5.74) is 4.30. The van der Waals surface area contributed by atoms with E-state index in [4.69, 9.17) is 17.3 Å². The minimum Gasteiger partial charge on any atom is -0.478 e. The molecule has 0 saturated carbocycles. The summed E-state index contributed by atoms with van der Waals surface area (Å²) in [6.07, 6.45) is -0.365. The fourth-order valence-corrected chi connectivity index (χ4v) is 4.01. The monoisotopic (exact) mass is 546 g/mol. The summed E-state index contributed by atoms with van der Waals surface area (Å²) in [6, 6.07) is 8.97. The van der Waals surface area contributed by atoms with E-state index in [0.717, 1.165) is 3.57 Å². The van der Waals surface area contributed by atoms with E-state index in [-0.39, 0.29) is 39.5 Å². The average Bonchev–Trinajstić information content (AvgIpc) is 2.68. The molecule has 0 aromatic heterocycles. The smallest absolute Gasteiger partial charge is 0.338 e. The lowest BCUT2D eigenvalue weighted by Gasteiger charge is -2.18. The molecule has 0 amide bonds. The molecular weight excluding hydrogens is 532 g/mol. The topological polar surface area (TPSA) is 75.3 Å². The van der Waals surface area contributed by atoms with Gasteiger partial charge in [-0.05, 0) is 70.5 Å². The number of carbonyl (C=O) groups is 1. The highest BCUT2D eigenvalue weighted by Gasteiger charge is 2.27.